The number of hydrogen-bond acceptors (Lipinski definition) is 5. The molecule has 5 nitrogen and oxygen atoms in total. The van der Waals surface area contributed by atoms with Crippen LogP contribution in [0, 0.1) is 0 Å². The summed E-state index contributed by atoms with van der Waals surface area (Å²) >= 11 is 2.58. The maximum Gasteiger partial charge on any atom is 0.416 e. The summed E-state index contributed by atoms with van der Waals surface area (Å²) in [6.07, 6.45) is -3.76. The summed E-state index contributed by atoms with van der Waals surface area (Å²) in [5, 5.41) is 2.90. The number of benzene rings is 1. The first-order chi connectivity index (χ1) is 12.8. The first kappa shape index (κ1) is 19.8. The molecule has 2 aromatic rings. The van der Waals surface area contributed by atoms with Crippen molar-refractivity contribution in [3.05, 3.63) is 45.9 Å². The largest absolute Gasteiger partial charge is 0.416 e. The van der Waals surface area contributed by atoms with Crippen molar-refractivity contribution in [2.45, 2.75) is 36.1 Å². The molecule has 0 saturated heterocycles. The van der Waals surface area contributed by atoms with Gasteiger partial charge in [0.25, 0.3) is 5.56 Å². The van der Waals surface area contributed by atoms with Gasteiger partial charge in [-0.05, 0) is 25.1 Å². The Hall–Kier alpha value is -1.94. The number of aromatic nitrogens is 2. The van der Waals surface area contributed by atoms with Gasteiger partial charge in [0.2, 0.25) is 5.91 Å². The van der Waals surface area contributed by atoms with Crippen LogP contribution < -0.4 is 10.9 Å². The molecule has 0 atom stereocenters. The fraction of sp³-hybridized carbons (Fsp3) is 0.353. The number of halogens is 3. The molecule has 0 radical (unpaired) electrons. The van der Waals surface area contributed by atoms with Crippen LogP contribution in [0.2, 0.25) is 0 Å². The second-order valence-electron chi connectivity index (χ2n) is 5.73. The van der Waals surface area contributed by atoms with Crippen LogP contribution in [-0.2, 0) is 23.9 Å². The lowest BCUT2D eigenvalue weighted by Gasteiger charge is -2.12. The molecule has 1 amide bonds. The first-order valence-electron chi connectivity index (χ1n) is 8.16. The summed E-state index contributed by atoms with van der Waals surface area (Å²) in [5.41, 5.74) is -0.117. The quantitative estimate of drug-likeness (QED) is 0.597. The molecule has 1 aromatic heterocycles. The molecule has 1 aliphatic rings. The summed E-state index contributed by atoms with van der Waals surface area (Å²) in [5.74, 6) is 0.283. The Bertz CT molecular complexity index is 929. The van der Waals surface area contributed by atoms with Crippen LogP contribution in [0.4, 0.5) is 18.9 Å². The standard InChI is InChI=1S/C17H16F3N3O2S2/c1-2-23-15(25)14-12(6-7-26-14)22-16(23)27-9-13(24)21-11-5-3-4-10(8-11)17(18,19)20/h3-5,8H,2,6-7,9H2,1H3,(H,21,24). The third-order valence-electron chi connectivity index (χ3n) is 3.87. The van der Waals surface area contributed by atoms with Crippen LogP contribution in [0.1, 0.15) is 18.2 Å². The average Bonchev–Trinajstić information content (AvgIpc) is 3.08. The number of carbonyl (C=O) groups is 1. The van der Waals surface area contributed by atoms with E-state index in [2.05, 4.69) is 10.3 Å². The number of aryl methyl sites for hydroxylation is 1. The van der Waals surface area contributed by atoms with Gasteiger partial charge in [0, 0.05) is 24.4 Å². The molecule has 144 valence electrons. The van der Waals surface area contributed by atoms with Gasteiger partial charge in [-0.15, -0.1) is 11.8 Å². The van der Waals surface area contributed by atoms with Crippen LogP contribution in [0.15, 0.2) is 39.1 Å². The summed E-state index contributed by atoms with van der Waals surface area (Å²) in [6.45, 7) is 2.25. The Morgan fingerprint density at radius 2 is 2.19 bits per heavy atom. The highest BCUT2D eigenvalue weighted by Gasteiger charge is 2.30. The third kappa shape index (κ3) is 4.49. The summed E-state index contributed by atoms with van der Waals surface area (Å²) < 4.78 is 39.8. The molecular weight excluding hydrogens is 399 g/mol. The fourth-order valence-corrected chi connectivity index (χ4v) is 4.54. The van der Waals surface area contributed by atoms with E-state index in [-0.39, 0.29) is 17.0 Å². The van der Waals surface area contributed by atoms with Crippen molar-refractivity contribution in [3.8, 4) is 0 Å². The molecule has 10 heteroatoms. The average molecular weight is 415 g/mol. The summed E-state index contributed by atoms with van der Waals surface area (Å²) in [6, 6.07) is 4.46. The highest BCUT2D eigenvalue weighted by atomic mass is 32.2. The van der Waals surface area contributed by atoms with Gasteiger partial charge in [-0.3, -0.25) is 14.2 Å². The highest BCUT2D eigenvalue weighted by Crippen LogP contribution is 2.31. The third-order valence-corrected chi connectivity index (χ3v) is 5.95. The van der Waals surface area contributed by atoms with Crippen molar-refractivity contribution in [1.82, 2.24) is 9.55 Å². The number of rotatable bonds is 5. The van der Waals surface area contributed by atoms with Gasteiger partial charge in [-0.1, -0.05) is 17.8 Å². The highest BCUT2D eigenvalue weighted by molar-refractivity contribution is 8.00. The van der Waals surface area contributed by atoms with E-state index in [1.54, 1.807) is 0 Å². The summed E-state index contributed by atoms with van der Waals surface area (Å²) in [7, 11) is 0. The predicted molar refractivity (Wildman–Crippen MR) is 99.4 cm³/mol. The van der Waals surface area contributed by atoms with E-state index in [1.807, 2.05) is 6.92 Å². The molecule has 2 heterocycles. The van der Waals surface area contributed by atoms with E-state index in [4.69, 9.17) is 0 Å². The fourth-order valence-electron chi connectivity index (χ4n) is 2.61. The van der Waals surface area contributed by atoms with Crippen LogP contribution in [0.5, 0.6) is 0 Å². The van der Waals surface area contributed by atoms with Gasteiger partial charge in [0.1, 0.15) is 0 Å². The second-order valence-corrected chi connectivity index (χ2v) is 7.78. The van der Waals surface area contributed by atoms with Crippen molar-refractivity contribution in [3.63, 3.8) is 0 Å². The minimum atomic E-state index is -4.47. The molecule has 1 aliphatic heterocycles. The van der Waals surface area contributed by atoms with Gasteiger partial charge in [0.05, 0.1) is 21.9 Å². The van der Waals surface area contributed by atoms with E-state index < -0.39 is 17.6 Å². The lowest BCUT2D eigenvalue weighted by atomic mass is 10.2. The van der Waals surface area contributed by atoms with Crippen LogP contribution in [0.25, 0.3) is 0 Å². The van der Waals surface area contributed by atoms with Crippen molar-refractivity contribution < 1.29 is 18.0 Å². The lowest BCUT2D eigenvalue weighted by Crippen LogP contribution is -2.25. The molecule has 0 aliphatic carbocycles. The first-order valence-corrected chi connectivity index (χ1v) is 10.1. The molecule has 1 aromatic carbocycles. The molecular formula is C17H16F3N3O2S2. The number of anilines is 1. The predicted octanol–water partition coefficient (Wildman–Crippen LogP) is 3.66. The zero-order valence-electron chi connectivity index (χ0n) is 14.3. The number of fused-ring (bicyclic) bond motifs is 1. The van der Waals surface area contributed by atoms with E-state index >= 15 is 0 Å². The molecule has 0 unspecified atom stereocenters. The van der Waals surface area contributed by atoms with Gasteiger partial charge in [-0.2, -0.15) is 13.2 Å². The number of nitrogens with one attached hydrogen (secondary N) is 1. The molecule has 0 bridgehead atoms. The number of amides is 1. The molecule has 0 spiro atoms. The molecule has 0 fully saturated rings. The van der Waals surface area contributed by atoms with Crippen LogP contribution in [0.3, 0.4) is 0 Å². The van der Waals surface area contributed by atoms with Crippen LogP contribution >= 0.6 is 23.5 Å². The number of thioether (sulfide) groups is 2. The second kappa shape index (κ2) is 7.97. The monoisotopic (exact) mass is 415 g/mol. The van der Waals surface area contributed by atoms with Gasteiger partial charge in [0.15, 0.2) is 5.16 Å². The molecule has 3 rings (SSSR count). The molecule has 1 N–H and O–H groups in total. The normalized spacial score (nSPS) is 13.5. The Labute approximate surface area is 161 Å². The molecule has 0 saturated carbocycles. The zero-order valence-corrected chi connectivity index (χ0v) is 15.9. The van der Waals surface area contributed by atoms with Gasteiger partial charge < -0.3 is 5.32 Å². The Morgan fingerprint density at radius 3 is 2.89 bits per heavy atom. The smallest absolute Gasteiger partial charge is 0.325 e. The van der Waals surface area contributed by atoms with Crippen molar-refractivity contribution in [2.24, 2.45) is 0 Å². The number of nitrogens with zero attached hydrogens (tertiary/aromatic N) is 2. The Balaban J connectivity index is 1.70. The van der Waals surface area contributed by atoms with Crippen LogP contribution in [-0.4, -0.2) is 27.0 Å². The van der Waals surface area contributed by atoms with Gasteiger partial charge >= 0.3 is 6.18 Å². The number of alkyl halides is 3. The Morgan fingerprint density at radius 1 is 1.41 bits per heavy atom. The topological polar surface area (TPSA) is 64.0 Å². The minimum Gasteiger partial charge on any atom is -0.325 e. The van der Waals surface area contributed by atoms with E-state index in [9.17, 15) is 22.8 Å². The van der Waals surface area contributed by atoms with Gasteiger partial charge in [-0.25, -0.2) is 4.98 Å². The summed E-state index contributed by atoms with van der Waals surface area (Å²) in [4.78, 5) is 29.7. The maximum absolute atomic E-state index is 12.7. The number of hydrogen-bond donors (Lipinski definition) is 1. The number of carbonyl (C=O) groups excluding carboxylic acids is 1. The molecule has 27 heavy (non-hydrogen) atoms. The maximum atomic E-state index is 12.7. The van der Waals surface area contributed by atoms with Crippen molar-refractivity contribution in [2.75, 3.05) is 16.8 Å². The van der Waals surface area contributed by atoms with E-state index in [1.165, 1.54) is 28.5 Å². The SMILES string of the molecule is CCn1c(SCC(=O)Nc2cccc(C(F)(F)F)c2)nc2c(c1=O)SCC2. The Kier molecular flexibility index (Phi) is 5.85. The lowest BCUT2D eigenvalue weighted by molar-refractivity contribution is -0.137. The van der Waals surface area contributed by atoms with E-state index in [0.717, 1.165) is 35.3 Å². The minimum absolute atomic E-state index is 0.0609. The zero-order chi connectivity index (χ0) is 19.6. The van der Waals surface area contributed by atoms with Crippen molar-refractivity contribution in [1.29, 1.82) is 0 Å². The van der Waals surface area contributed by atoms with Crippen molar-refractivity contribution >= 4 is 35.1 Å². The van der Waals surface area contributed by atoms with E-state index in [0.29, 0.717) is 23.0 Å².